The second kappa shape index (κ2) is 5.24. The largest absolute Gasteiger partial charge is 0.465 e. The molecule has 0 aromatic heterocycles. The van der Waals surface area contributed by atoms with Gasteiger partial charge in [0.1, 0.15) is 0 Å². The van der Waals surface area contributed by atoms with Gasteiger partial charge in [-0.3, -0.25) is 0 Å². The van der Waals surface area contributed by atoms with Gasteiger partial charge in [0.25, 0.3) is 0 Å². The lowest BCUT2D eigenvalue weighted by molar-refractivity contribution is 0.183. The zero-order valence-corrected chi connectivity index (χ0v) is 7.99. The van der Waals surface area contributed by atoms with E-state index in [-0.39, 0.29) is 0 Å². The van der Waals surface area contributed by atoms with Crippen molar-refractivity contribution < 1.29 is 14.6 Å². The molecule has 0 fully saturated rings. The van der Waals surface area contributed by atoms with Crippen molar-refractivity contribution >= 4 is 6.09 Å². The van der Waals surface area contributed by atoms with Crippen LogP contribution in [0.4, 0.5) is 4.79 Å². The highest BCUT2D eigenvalue weighted by Crippen LogP contribution is 2.09. The van der Waals surface area contributed by atoms with E-state index in [9.17, 15) is 4.79 Å². The van der Waals surface area contributed by atoms with Crippen LogP contribution in [0.1, 0.15) is 11.1 Å². The standard InChI is InChI=1S/C10H13NO3/c1-14-7-9-5-3-2-4-8(9)6-11-10(12)13/h2-5,11H,6-7H2,1H3,(H,12,13). The van der Waals surface area contributed by atoms with Crippen LogP contribution < -0.4 is 5.32 Å². The number of ether oxygens (including phenoxy) is 1. The zero-order chi connectivity index (χ0) is 10.4. The van der Waals surface area contributed by atoms with Gasteiger partial charge in [0.2, 0.25) is 0 Å². The first-order chi connectivity index (χ1) is 6.74. The summed E-state index contributed by atoms with van der Waals surface area (Å²) < 4.78 is 5.00. The number of hydrogen-bond acceptors (Lipinski definition) is 2. The van der Waals surface area contributed by atoms with E-state index < -0.39 is 6.09 Å². The van der Waals surface area contributed by atoms with Gasteiger partial charge in [-0.05, 0) is 11.1 Å². The lowest BCUT2D eigenvalue weighted by Crippen LogP contribution is -2.20. The highest BCUT2D eigenvalue weighted by molar-refractivity contribution is 5.64. The highest BCUT2D eigenvalue weighted by atomic mass is 16.5. The average Bonchev–Trinajstić information content (AvgIpc) is 2.17. The first kappa shape index (κ1) is 10.5. The molecule has 2 N–H and O–H groups in total. The van der Waals surface area contributed by atoms with E-state index in [0.29, 0.717) is 13.2 Å². The summed E-state index contributed by atoms with van der Waals surface area (Å²) in [6.45, 7) is 0.812. The van der Waals surface area contributed by atoms with E-state index in [1.165, 1.54) is 0 Å². The van der Waals surface area contributed by atoms with Crippen LogP contribution in [-0.4, -0.2) is 18.3 Å². The second-order valence-corrected chi connectivity index (χ2v) is 2.86. The molecule has 1 aromatic carbocycles. The molecule has 0 bridgehead atoms. The SMILES string of the molecule is COCc1ccccc1CNC(=O)O. The van der Waals surface area contributed by atoms with Gasteiger partial charge < -0.3 is 15.2 Å². The number of methoxy groups -OCH3 is 1. The van der Waals surface area contributed by atoms with Crippen molar-refractivity contribution in [3.05, 3.63) is 35.4 Å². The molecule has 0 saturated heterocycles. The van der Waals surface area contributed by atoms with E-state index in [4.69, 9.17) is 9.84 Å². The van der Waals surface area contributed by atoms with Crippen LogP contribution in [0.15, 0.2) is 24.3 Å². The van der Waals surface area contributed by atoms with Crippen molar-refractivity contribution in [2.45, 2.75) is 13.2 Å². The van der Waals surface area contributed by atoms with Crippen LogP contribution in [0.25, 0.3) is 0 Å². The molecule has 1 amide bonds. The normalized spacial score (nSPS) is 9.79. The molecule has 0 aliphatic carbocycles. The van der Waals surface area contributed by atoms with Crippen LogP contribution in [0, 0.1) is 0 Å². The van der Waals surface area contributed by atoms with Crippen LogP contribution in [-0.2, 0) is 17.9 Å². The Hall–Kier alpha value is -1.55. The third kappa shape index (κ3) is 3.06. The summed E-state index contributed by atoms with van der Waals surface area (Å²) in [4.78, 5) is 10.3. The molecule has 4 heteroatoms. The number of benzene rings is 1. The van der Waals surface area contributed by atoms with Crippen LogP contribution in [0.2, 0.25) is 0 Å². The average molecular weight is 195 g/mol. The molecule has 1 aromatic rings. The maximum Gasteiger partial charge on any atom is 0.404 e. The van der Waals surface area contributed by atoms with Crippen LogP contribution in [0.3, 0.4) is 0 Å². The van der Waals surface area contributed by atoms with Gasteiger partial charge in [0.05, 0.1) is 6.61 Å². The Kier molecular flexibility index (Phi) is 3.94. The fourth-order valence-electron chi connectivity index (χ4n) is 1.20. The minimum Gasteiger partial charge on any atom is -0.465 e. The third-order valence-corrected chi connectivity index (χ3v) is 1.85. The molecule has 0 radical (unpaired) electrons. The van der Waals surface area contributed by atoms with Gasteiger partial charge in [-0.2, -0.15) is 0 Å². The molecule has 0 heterocycles. The van der Waals surface area contributed by atoms with Crippen molar-refractivity contribution in [2.75, 3.05) is 7.11 Å². The van der Waals surface area contributed by atoms with E-state index in [1.807, 2.05) is 24.3 Å². The van der Waals surface area contributed by atoms with Crippen molar-refractivity contribution in [1.29, 1.82) is 0 Å². The number of nitrogens with one attached hydrogen (secondary N) is 1. The Labute approximate surface area is 82.5 Å². The fourth-order valence-corrected chi connectivity index (χ4v) is 1.20. The molecule has 0 aliphatic rings. The predicted octanol–water partition coefficient (Wildman–Crippen LogP) is 1.60. The summed E-state index contributed by atoms with van der Waals surface area (Å²) >= 11 is 0. The van der Waals surface area contributed by atoms with Crippen molar-refractivity contribution in [3.63, 3.8) is 0 Å². The maximum atomic E-state index is 10.3. The summed E-state index contributed by atoms with van der Waals surface area (Å²) in [7, 11) is 1.61. The van der Waals surface area contributed by atoms with E-state index in [0.717, 1.165) is 11.1 Å². The van der Waals surface area contributed by atoms with Crippen molar-refractivity contribution in [3.8, 4) is 0 Å². The monoisotopic (exact) mass is 195 g/mol. The van der Waals surface area contributed by atoms with Gasteiger partial charge >= 0.3 is 6.09 Å². The third-order valence-electron chi connectivity index (χ3n) is 1.85. The smallest absolute Gasteiger partial charge is 0.404 e. The van der Waals surface area contributed by atoms with Crippen molar-refractivity contribution in [1.82, 2.24) is 5.32 Å². The molecule has 0 atom stereocenters. The number of hydrogen-bond donors (Lipinski definition) is 2. The quantitative estimate of drug-likeness (QED) is 0.767. The van der Waals surface area contributed by atoms with Gasteiger partial charge in [0.15, 0.2) is 0 Å². The first-order valence-corrected chi connectivity index (χ1v) is 4.26. The Balaban J connectivity index is 2.68. The van der Waals surface area contributed by atoms with Gasteiger partial charge in [-0.15, -0.1) is 0 Å². The van der Waals surface area contributed by atoms with E-state index >= 15 is 0 Å². The summed E-state index contributed by atoms with van der Waals surface area (Å²) in [5, 5.41) is 10.8. The molecular formula is C10H13NO3. The number of carboxylic acid groups (broad SMARTS) is 1. The molecular weight excluding hydrogens is 182 g/mol. The number of rotatable bonds is 4. The minimum atomic E-state index is -1.02. The lowest BCUT2D eigenvalue weighted by atomic mass is 10.1. The Bertz CT molecular complexity index is 312. The molecule has 14 heavy (non-hydrogen) atoms. The lowest BCUT2D eigenvalue weighted by Gasteiger charge is -2.07. The topological polar surface area (TPSA) is 58.6 Å². The van der Waals surface area contributed by atoms with E-state index in [1.54, 1.807) is 7.11 Å². The van der Waals surface area contributed by atoms with Gasteiger partial charge in [-0.25, -0.2) is 4.79 Å². The Morgan fingerprint density at radius 3 is 2.64 bits per heavy atom. The van der Waals surface area contributed by atoms with Gasteiger partial charge in [-0.1, -0.05) is 24.3 Å². The summed E-state index contributed by atoms with van der Waals surface area (Å²) in [5.74, 6) is 0. The maximum absolute atomic E-state index is 10.3. The molecule has 4 nitrogen and oxygen atoms in total. The van der Waals surface area contributed by atoms with E-state index in [2.05, 4.69) is 5.32 Å². The second-order valence-electron chi connectivity index (χ2n) is 2.86. The summed E-state index contributed by atoms with van der Waals surface area (Å²) in [6, 6.07) is 7.57. The summed E-state index contributed by atoms with van der Waals surface area (Å²) in [5.41, 5.74) is 1.94. The number of carbonyl (C=O) groups is 1. The Morgan fingerprint density at radius 1 is 1.43 bits per heavy atom. The minimum absolute atomic E-state index is 0.314. The predicted molar refractivity (Wildman–Crippen MR) is 52.0 cm³/mol. The molecule has 1 rings (SSSR count). The summed E-state index contributed by atoms with van der Waals surface area (Å²) in [6.07, 6.45) is -1.02. The molecule has 0 unspecified atom stereocenters. The fraction of sp³-hybridized carbons (Fsp3) is 0.300. The zero-order valence-electron chi connectivity index (χ0n) is 7.99. The molecule has 0 aliphatic heterocycles. The molecule has 76 valence electrons. The number of amides is 1. The van der Waals surface area contributed by atoms with Crippen LogP contribution in [0.5, 0.6) is 0 Å². The molecule has 0 saturated carbocycles. The van der Waals surface area contributed by atoms with Crippen LogP contribution >= 0.6 is 0 Å². The Morgan fingerprint density at radius 2 is 2.07 bits per heavy atom. The van der Waals surface area contributed by atoms with Crippen molar-refractivity contribution in [2.24, 2.45) is 0 Å². The highest BCUT2D eigenvalue weighted by Gasteiger charge is 2.02. The molecule has 0 spiro atoms. The first-order valence-electron chi connectivity index (χ1n) is 4.26. The van der Waals surface area contributed by atoms with Gasteiger partial charge in [0, 0.05) is 13.7 Å².